The van der Waals surface area contributed by atoms with Crippen molar-refractivity contribution in [1.29, 1.82) is 5.26 Å². The van der Waals surface area contributed by atoms with E-state index in [1.165, 1.54) is 12.0 Å². The Morgan fingerprint density at radius 1 is 1.56 bits per heavy atom. The van der Waals surface area contributed by atoms with Crippen molar-refractivity contribution >= 4 is 11.9 Å². The number of nitrogens with zero attached hydrogens (tertiary/aromatic N) is 2. The maximum absolute atomic E-state index is 12.2. The SMILES string of the molecule is COC(=O)[C@H]1C[C@H]1[C@H](N)C(=O)N1CCC[C@H]1C#N. The van der Waals surface area contributed by atoms with Crippen molar-refractivity contribution in [3.63, 3.8) is 0 Å². The standard InChI is InChI=1S/C12H17N3O3/c1-18-12(17)9-5-8(9)10(14)11(16)15-4-2-3-7(15)6-13/h7-10H,2-5,14H2,1H3/t7-,8+,9-,10-/m0/s1. The van der Waals surface area contributed by atoms with E-state index in [0.717, 1.165) is 6.42 Å². The van der Waals surface area contributed by atoms with Crippen LogP contribution in [0.5, 0.6) is 0 Å². The van der Waals surface area contributed by atoms with Crippen LogP contribution in [0.3, 0.4) is 0 Å². The van der Waals surface area contributed by atoms with Gasteiger partial charge in [-0.15, -0.1) is 0 Å². The summed E-state index contributed by atoms with van der Waals surface area (Å²) in [5.74, 6) is -0.904. The van der Waals surface area contributed by atoms with Crippen LogP contribution in [0, 0.1) is 23.2 Å². The molecule has 1 saturated heterocycles. The van der Waals surface area contributed by atoms with Gasteiger partial charge in [0.1, 0.15) is 6.04 Å². The molecule has 98 valence electrons. The van der Waals surface area contributed by atoms with Gasteiger partial charge >= 0.3 is 5.97 Å². The summed E-state index contributed by atoms with van der Waals surface area (Å²) < 4.78 is 4.63. The van der Waals surface area contributed by atoms with Gasteiger partial charge in [-0.05, 0) is 25.2 Å². The predicted molar refractivity (Wildman–Crippen MR) is 61.9 cm³/mol. The van der Waals surface area contributed by atoms with E-state index in [2.05, 4.69) is 10.8 Å². The Bertz CT molecular complexity index is 404. The van der Waals surface area contributed by atoms with Crippen molar-refractivity contribution < 1.29 is 14.3 Å². The maximum atomic E-state index is 12.2. The van der Waals surface area contributed by atoms with Crippen molar-refractivity contribution in [2.75, 3.05) is 13.7 Å². The van der Waals surface area contributed by atoms with Crippen LogP contribution in [0.4, 0.5) is 0 Å². The van der Waals surface area contributed by atoms with Crippen molar-refractivity contribution in [1.82, 2.24) is 4.90 Å². The van der Waals surface area contributed by atoms with Gasteiger partial charge in [0.25, 0.3) is 0 Å². The zero-order chi connectivity index (χ0) is 13.3. The molecule has 1 amide bonds. The number of esters is 1. The molecule has 2 fully saturated rings. The lowest BCUT2D eigenvalue weighted by Crippen LogP contribution is -2.47. The summed E-state index contributed by atoms with van der Waals surface area (Å²) >= 11 is 0. The fraction of sp³-hybridized carbons (Fsp3) is 0.750. The lowest BCUT2D eigenvalue weighted by molar-refractivity contribution is -0.142. The minimum absolute atomic E-state index is 0.134. The van der Waals surface area contributed by atoms with Crippen LogP contribution in [-0.4, -0.2) is 42.5 Å². The number of nitriles is 1. The molecule has 0 spiro atoms. The lowest BCUT2D eigenvalue weighted by atomic mass is 10.1. The molecule has 0 aromatic rings. The largest absolute Gasteiger partial charge is 0.469 e. The van der Waals surface area contributed by atoms with Crippen LogP contribution in [-0.2, 0) is 14.3 Å². The number of likely N-dealkylation sites (tertiary alicyclic amines) is 1. The Kier molecular flexibility index (Phi) is 3.53. The number of methoxy groups -OCH3 is 1. The van der Waals surface area contributed by atoms with Gasteiger partial charge in [-0.3, -0.25) is 9.59 Å². The molecule has 1 aliphatic heterocycles. The topological polar surface area (TPSA) is 96.4 Å². The van der Waals surface area contributed by atoms with Crippen LogP contribution in [0.15, 0.2) is 0 Å². The Morgan fingerprint density at radius 3 is 2.89 bits per heavy atom. The molecular weight excluding hydrogens is 234 g/mol. The normalized spacial score (nSPS) is 31.6. The van der Waals surface area contributed by atoms with E-state index in [0.29, 0.717) is 19.4 Å². The zero-order valence-electron chi connectivity index (χ0n) is 10.3. The van der Waals surface area contributed by atoms with E-state index in [-0.39, 0.29) is 29.8 Å². The summed E-state index contributed by atoms with van der Waals surface area (Å²) in [5.41, 5.74) is 5.89. The van der Waals surface area contributed by atoms with Crippen LogP contribution >= 0.6 is 0 Å². The number of carbonyl (C=O) groups is 2. The van der Waals surface area contributed by atoms with Gasteiger partial charge in [-0.25, -0.2) is 0 Å². The highest BCUT2D eigenvalue weighted by molar-refractivity contribution is 5.85. The fourth-order valence-corrected chi connectivity index (χ4v) is 2.57. The number of amides is 1. The van der Waals surface area contributed by atoms with Crippen molar-refractivity contribution in [2.24, 2.45) is 17.6 Å². The number of hydrogen-bond acceptors (Lipinski definition) is 5. The highest BCUT2D eigenvalue weighted by atomic mass is 16.5. The quantitative estimate of drug-likeness (QED) is 0.691. The molecule has 6 heteroatoms. The molecule has 2 aliphatic rings. The summed E-state index contributed by atoms with van der Waals surface area (Å²) in [6, 6.07) is 1.06. The summed E-state index contributed by atoms with van der Waals surface area (Å²) in [5, 5.41) is 8.94. The van der Waals surface area contributed by atoms with Gasteiger partial charge in [0.2, 0.25) is 5.91 Å². The summed E-state index contributed by atoms with van der Waals surface area (Å²) in [7, 11) is 1.33. The monoisotopic (exact) mass is 251 g/mol. The second-order valence-corrected chi connectivity index (χ2v) is 4.87. The molecule has 0 aromatic heterocycles. The van der Waals surface area contributed by atoms with E-state index >= 15 is 0 Å². The summed E-state index contributed by atoms with van der Waals surface area (Å²) in [6.45, 7) is 0.584. The molecule has 0 radical (unpaired) electrons. The van der Waals surface area contributed by atoms with Gasteiger partial charge < -0.3 is 15.4 Å². The zero-order valence-corrected chi connectivity index (χ0v) is 10.3. The molecule has 6 nitrogen and oxygen atoms in total. The summed E-state index contributed by atoms with van der Waals surface area (Å²) in [4.78, 5) is 25.0. The molecule has 1 heterocycles. The fourth-order valence-electron chi connectivity index (χ4n) is 2.57. The van der Waals surface area contributed by atoms with E-state index in [1.807, 2.05) is 0 Å². The predicted octanol–water partition coefficient (Wildman–Crippen LogP) is -0.363. The molecule has 2 rings (SSSR count). The first-order chi connectivity index (χ1) is 8.60. The van der Waals surface area contributed by atoms with Crippen molar-refractivity contribution in [3.05, 3.63) is 0 Å². The Hall–Kier alpha value is -1.61. The van der Waals surface area contributed by atoms with E-state index in [9.17, 15) is 9.59 Å². The first-order valence-electron chi connectivity index (χ1n) is 6.13. The average Bonchev–Trinajstić information content (AvgIpc) is 3.05. The first-order valence-corrected chi connectivity index (χ1v) is 6.13. The van der Waals surface area contributed by atoms with Gasteiger partial charge in [0.05, 0.1) is 25.1 Å². The number of rotatable bonds is 3. The van der Waals surface area contributed by atoms with E-state index in [4.69, 9.17) is 11.0 Å². The van der Waals surface area contributed by atoms with Crippen LogP contribution in [0.25, 0.3) is 0 Å². The Labute approximate surface area is 106 Å². The molecule has 4 atom stereocenters. The van der Waals surface area contributed by atoms with Gasteiger partial charge in [-0.1, -0.05) is 0 Å². The molecule has 1 aliphatic carbocycles. The lowest BCUT2D eigenvalue weighted by Gasteiger charge is -2.23. The van der Waals surface area contributed by atoms with E-state index < -0.39 is 6.04 Å². The van der Waals surface area contributed by atoms with Crippen LogP contribution in [0.2, 0.25) is 0 Å². The van der Waals surface area contributed by atoms with Gasteiger partial charge in [-0.2, -0.15) is 5.26 Å². The Morgan fingerprint density at radius 2 is 2.28 bits per heavy atom. The second kappa shape index (κ2) is 4.94. The molecular formula is C12H17N3O3. The van der Waals surface area contributed by atoms with E-state index in [1.54, 1.807) is 0 Å². The number of hydrogen-bond donors (Lipinski definition) is 1. The average molecular weight is 251 g/mol. The van der Waals surface area contributed by atoms with Crippen molar-refractivity contribution in [3.8, 4) is 6.07 Å². The third-order valence-electron chi connectivity index (χ3n) is 3.78. The molecule has 2 N–H and O–H groups in total. The van der Waals surface area contributed by atoms with Crippen molar-refractivity contribution in [2.45, 2.75) is 31.3 Å². The van der Waals surface area contributed by atoms with Gasteiger partial charge in [0.15, 0.2) is 0 Å². The molecule has 0 aromatic carbocycles. The van der Waals surface area contributed by atoms with Crippen LogP contribution in [0.1, 0.15) is 19.3 Å². The molecule has 0 unspecified atom stereocenters. The summed E-state index contributed by atoms with van der Waals surface area (Å²) in [6.07, 6.45) is 2.15. The Balaban J connectivity index is 1.95. The molecule has 0 bridgehead atoms. The number of nitrogens with two attached hydrogens (primary N) is 1. The minimum Gasteiger partial charge on any atom is -0.469 e. The molecule has 18 heavy (non-hydrogen) atoms. The highest BCUT2D eigenvalue weighted by Gasteiger charge is 2.51. The highest BCUT2D eigenvalue weighted by Crippen LogP contribution is 2.42. The minimum atomic E-state index is -0.692. The number of carbonyl (C=O) groups excluding carboxylic acids is 2. The second-order valence-electron chi connectivity index (χ2n) is 4.87. The smallest absolute Gasteiger partial charge is 0.309 e. The third kappa shape index (κ3) is 2.18. The van der Waals surface area contributed by atoms with Gasteiger partial charge in [0, 0.05) is 6.54 Å². The maximum Gasteiger partial charge on any atom is 0.309 e. The third-order valence-corrected chi connectivity index (χ3v) is 3.78. The first kappa shape index (κ1) is 12.8. The number of ether oxygens (including phenoxy) is 1. The molecule has 1 saturated carbocycles. The van der Waals surface area contributed by atoms with Crippen LogP contribution < -0.4 is 5.73 Å².